The van der Waals surface area contributed by atoms with Gasteiger partial charge in [0.1, 0.15) is 0 Å². The Morgan fingerprint density at radius 1 is 1.16 bits per heavy atom. The summed E-state index contributed by atoms with van der Waals surface area (Å²) in [6.45, 7) is 2.14. The predicted octanol–water partition coefficient (Wildman–Crippen LogP) is 4.91. The Labute approximate surface area is 128 Å². The van der Waals surface area contributed by atoms with E-state index in [1.165, 1.54) is 11.1 Å². The SMILES string of the molecule is CNC(Cc1ccccc1C)c1cccc(Br)c1Cl. The molecule has 0 fully saturated rings. The minimum atomic E-state index is 0.214. The maximum Gasteiger partial charge on any atom is 0.0595 e. The maximum atomic E-state index is 6.39. The lowest BCUT2D eigenvalue weighted by molar-refractivity contribution is 0.590. The molecule has 2 rings (SSSR count). The number of nitrogens with one attached hydrogen (secondary N) is 1. The monoisotopic (exact) mass is 337 g/mol. The lowest BCUT2D eigenvalue weighted by Crippen LogP contribution is -2.19. The van der Waals surface area contributed by atoms with Gasteiger partial charge < -0.3 is 5.32 Å². The van der Waals surface area contributed by atoms with E-state index in [1.54, 1.807) is 0 Å². The van der Waals surface area contributed by atoms with E-state index in [-0.39, 0.29) is 6.04 Å². The molecule has 0 bridgehead atoms. The molecule has 1 unspecified atom stereocenters. The van der Waals surface area contributed by atoms with Crippen molar-refractivity contribution in [1.82, 2.24) is 5.32 Å². The Bertz CT molecular complexity index is 568. The molecule has 2 aromatic rings. The summed E-state index contributed by atoms with van der Waals surface area (Å²) >= 11 is 9.87. The summed E-state index contributed by atoms with van der Waals surface area (Å²) in [6.07, 6.45) is 0.930. The van der Waals surface area contributed by atoms with Gasteiger partial charge in [-0.2, -0.15) is 0 Å². The molecule has 19 heavy (non-hydrogen) atoms. The van der Waals surface area contributed by atoms with Crippen LogP contribution in [0.4, 0.5) is 0 Å². The molecule has 0 radical (unpaired) electrons. The Balaban J connectivity index is 2.31. The van der Waals surface area contributed by atoms with Crippen molar-refractivity contribution in [1.29, 1.82) is 0 Å². The standard InChI is InChI=1S/C16H17BrClN/c1-11-6-3-4-7-12(11)10-15(19-2)13-8-5-9-14(17)16(13)18/h3-9,15,19H,10H2,1-2H3. The van der Waals surface area contributed by atoms with Crippen molar-refractivity contribution >= 4 is 27.5 Å². The van der Waals surface area contributed by atoms with Crippen LogP contribution >= 0.6 is 27.5 Å². The molecule has 100 valence electrons. The Kier molecular flexibility index (Phi) is 5.03. The van der Waals surface area contributed by atoms with Crippen molar-refractivity contribution in [3.8, 4) is 0 Å². The molecule has 0 aromatic heterocycles. The van der Waals surface area contributed by atoms with Gasteiger partial charge in [0.15, 0.2) is 0 Å². The van der Waals surface area contributed by atoms with E-state index in [2.05, 4.69) is 58.5 Å². The predicted molar refractivity (Wildman–Crippen MR) is 85.8 cm³/mol. The van der Waals surface area contributed by atoms with Gasteiger partial charge in [0.25, 0.3) is 0 Å². The van der Waals surface area contributed by atoms with Gasteiger partial charge in [-0.05, 0) is 59.1 Å². The van der Waals surface area contributed by atoms with Gasteiger partial charge in [0.2, 0.25) is 0 Å². The van der Waals surface area contributed by atoms with Crippen LogP contribution in [0, 0.1) is 6.92 Å². The van der Waals surface area contributed by atoms with Crippen LogP contribution in [0.1, 0.15) is 22.7 Å². The van der Waals surface area contributed by atoms with Crippen LogP contribution in [-0.2, 0) is 6.42 Å². The first-order valence-corrected chi connectivity index (χ1v) is 7.46. The highest BCUT2D eigenvalue weighted by Crippen LogP contribution is 2.32. The van der Waals surface area contributed by atoms with Crippen LogP contribution in [0.15, 0.2) is 46.9 Å². The molecule has 0 aliphatic carbocycles. The molecule has 0 aliphatic rings. The zero-order valence-corrected chi connectivity index (χ0v) is 13.4. The topological polar surface area (TPSA) is 12.0 Å². The number of hydrogen-bond acceptors (Lipinski definition) is 1. The van der Waals surface area contributed by atoms with E-state index in [1.807, 2.05) is 19.2 Å². The number of rotatable bonds is 4. The third-order valence-electron chi connectivity index (χ3n) is 3.39. The van der Waals surface area contributed by atoms with Crippen LogP contribution in [-0.4, -0.2) is 7.05 Å². The Hall–Kier alpha value is -0.830. The second-order valence-corrected chi connectivity index (χ2v) is 5.85. The first-order chi connectivity index (χ1) is 9.13. The van der Waals surface area contributed by atoms with Crippen molar-refractivity contribution < 1.29 is 0 Å². The number of likely N-dealkylation sites (N-methyl/N-ethyl adjacent to an activating group) is 1. The minimum Gasteiger partial charge on any atom is -0.313 e. The van der Waals surface area contributed by atoms with E-state index < -0.39 is 0 Å². The van der Waals surface area contributed by atoms with Crippen LogP contribution in [0.25, 0.3) is 0 Å². The molecule has 1 nitrogen and oxygen atoms in total. The molecule has 1 N–H and O–H groups in total. The van der Waals surface area contributed by atoms with Crippen LogP contribution in [0.2, 0.25) is 5.02 Å². The average Bonchev–Trinajstić information content (AvgIpc) is 2.41. The van der Waals surface area contributed by atoms with Crippen molar-refractivity contribution in [2.45, 2.75) is 19.4 Å². The second-order valence-electron chi connectivity index (χ2n) is 4.61. The fourth-order valence-electron chi connectivity index (χ4n) is 2.22. The third-order valence-corrected chi connectivity index (χ3v) is 4.70. The van der Waals surface area contributed by atoms with Crippen molar-refractivity contribution in [3.05, 3.63) is 68.7 Å². The van der Waals surface area contributed by atoms with Crippen LogP contribution < -0.4 is 5.32 Å². The summed E-state index contributed by atoms with van der Waals surface area (Å²) in [4.78, 5) is 0. The zero-order chi connectivity index (χ0) is 13.8. The summed E-state index contributed by atoms with van der Waals surface area (Å²) in [5.74, 6) is 0. The molecule has 3 heteroatoms. The zero-order valence-electron chi connectivity index (χ0n) is 11.1. The highest BCUT2D eigenvalue weighted by atomic mass is 79.9. The van der Waals surface area contributed by atoms with Gasteiger partial charge in [-0.15, -0.1) is 0 Å². The van der Waals surface area contributed by atoms with Crippen molar-refractivity contribution in [2.75, 3.05) is 7.05 Å². The Morgan fingerprint density at radius 3 is 2.58 bits per heavy atom. The summed E-state index contributed by atoms with van der Waals surface area (Å²) in [7, 11) is 1.97. The van der Waals surface area contributed by atoms with Gasteiger partial charge in [-0.1, -0.05) is 48.0 Å². The molecule has 0 saturated heterocycles. The molecule has 1 atom stereocenters. The highest BCUT2D eigenvalue weighted by Gasteiger charge is 2.15. The molecule has 0 spiro atoms. The molecule has 0 saturated carbocycles. The average molecular weight is 339 g/mol. The number of benzene rings is 2. The fourth-order valence-corrected chi connectivity index (χ4v) is 2.86. The molecule has 0 heterocycles. The highest BCUT2D eigenvalue weighted by molar-refractivity contribution is 9.10. The van der Waals surface area contributed by atoms with E-state index in [0.29, 0.717) is 0 Å². The molecule has 2 aromatic carbocycles. The van der Waals surface area contributed by atoms with Gasteiger partial charge in [0, 0.05) is 10.5 Å². The largest absolute Gasteiger partial charge is 0.313 e. The summed E-state index contributed by atoms with van der Waals surface area (Å²) in [5, 5.41) is 4.14. The van der Waals surface area contributed by atoms with E-state index in [4.69, 9.17) is 11.6 Å². The normalized spacial score (nSPS) is 12.4. The fraction of sp³-hybridized carbons (Fsp3) is 0.250. The summed E-state index contributed by atoms with van der Waals surface area (Å²) < 4.78 is 0.941. The van der Waals surface area contributed by atoms with Gasteiger partial charge in [-0.25, -0.2) is 0 Å². The maximum absolute atomic E-state index is 6.39. The quantitative estimate of drug-likeness (QED) is 0.835. The number of aryl methyl sites for hydroxylation is 1. The second kappa shape index (κ2) is 6.56. The first kappa shape index (κ1) is 14.6. The molecule has 0 aliphatic heterocycles. The van der Waals surface area contributed by atoms with Gasteiger partial charge >= 0.3 is 0 Å². The number of hydrogen-bond donors (Lipinski definition) is 1. The molecule has 0 amide bonds. The number of halogens is 2. The molecular weight excluding hydrogens is 322 g/mol. The van der Waals surface area contributed by atoms with Crippen LogP contribution in [0.5, 0.6) is 0 Å². The molecular formula is C16H17BrClN. The van der Waals surface area contributed by atoms with Crippen molar-refractivity contribution in [2.24, 2.45) is 0 Å². The minimum absolute atomic E-state index is 0.214. The van der Waals surface area contributed by atoms with E-state index in [0.717, 1.165) is 21.5 Å². The summed E-state index contributed by atoms with van der Waals surface area (Å²) in [6, 6.07) is 14.7. The lowest BCUT2D eigenvalue weighted by Gasteiger charge is -2.19. The van der Waals surface area contributed by atoms with Gasteiger partial charge in [0.05, 0.1) is 5.02 Å². The first-order valence-electron chi connectivity index (χ1n) is 6.29. The van der Waals surface area contributed by atoms with E-state index >= 15 is 0 Å². The summed E-state index contributed by atoms with van der Waals surface area (Å²) in [5.41, 5.74) is 3.79. The lowest BCUT2D eigenvalue weighted by atomic mass is 9.96. The van der Waals surface area contributed by atoms with E-state index in [9.17, 15) is 0 Å². The van der Waals surface area contributed by atoms with Gasteiger partial charge in [-0.3, -0.25) is 0 Å². The van der Waals surface area contributed by atoms with Crippen LogP contribution in [0.3, 0.4) is 0 Å². The third kappa shape index (κ3) is 3.38. The van der Waals surface area contributed by atoms with Crippen molar-refractivity contribution in [3.63, 3.8) is 0 Å². The Morgan fingerprint density at radius 2 is 1.89 bits per heavy atom. The smallest absolute Gasteiger partial charge is 0.0595 e.